The number of hydrogen-bond donors (Lipinski definition) is 1. The zero-order valence-electron chi connectivity index (χ0n) is 11.5. The van der Waals surface area contributed by atoms with E-state index in [0.29, 0.717) is 18.9 Å². The highest BCUT2D eigenvalue weighted by molar-refractivity contribution is 7.89. The minimum Gasteiger partial charge on any atom is -0.328 e. The molecule has 0 amide bonds. The molecule has 1 saturated heterocycles. The molecule has 1 fully saturated rings. The third-order valence-corrected chi connectivity index (χ3v) is 5.78. The molecule has 8 heteroatoms. The van der Waals surface area contributed by atoms with Crippen LogP contribution in [0, 0.1) is 23.4 Å². The predicted octanol–water partition coefficient (Wildman–Crippen LogP) is 1.85. The SMILES string of the molecule is CC(N)C1CCN(S(=O)(=O)c2ccc(F)c(F)c2F)CC1. The molecule has 2 N–H and O–H groups in total. The Morgan fingerprint density at radius 2 is 1.76 bits per heavy atom. The average Bonchev–Trinajstić information content (AvgIpc) is 2.44. The Labute approximate surface area is 121 Å². The van der Waals surface area contributed by atoms with Crippen molar-refractivity contribution in [2.45, 2.75) is 30.7 Å². The van der Waals surface area contributed by atoms with Crippen LogP contribution in [-0.4, -0.2) is 31.9 Å². The summed E-state index contributed by atoms with van der Waals surface area (Å²) in [6.07, 6.45) is 1.12. The fraction of sp³-hybridized carbons (Fsp3) is 0.538. The second-order valence-electron chi connectivity index (χ2n) is 5.27. The van der Waals surface area contributed by atoms with Gasteiger partial charge in [0.2, 0.25) is 10.0 Å². The summed E-state index contributed by atoms with van der Waals surface area (Å²) in [5.41, 5.74) is 5.77. The van der Waals surface area contributed by atoms with Crippen LogP contribution >= 0.6 is 0 Å². The molecule has 0 saturated carbocycles. The zero-order valence-corrected chi connectivity index (χ0v) is 12.3. The van der Waals surface area contributed by atoms with E-state index in [9.17, 15) is 21.6 Å². The maximum atomic E-state index is 13.7. The summed E-state index contributed by atoms with van der Waals surface area (Å²) in [5, 5.41) is 0. The lowest BCUT2D eigenvalue weighted by Crippen LogP contribution is -2.42. The Hall–Kier alpha value is -1.12. The summed E-state index contributed by atoms with van der Waals surface area (Å²) in [6.45, 7) is 2.23. The largest absolute Gasteiger partial charge is 0.328 e. The van der Waals surface area contributed by atoms with Crippen molar-refractivity contribution in [3.05, 3.63) is 29.6 Å². The molecule has 1 unspecified atom stereocenters. The average molecular weight is 322 g/mol. The van der Waals surface area contributed by atoms with Crippen LogP contribution in [-0.2, 0) is 10.0 Å². The fourth-order valence-corrected chi connectivity index (χ4v) is 4.01. The number of benzene rings is 1. The van der Waals surface area contributed by atoms with Crippen molar-refractivity contribution in [1.82, 2.24) is 4.31 Å². The second-order valence-corrected chi connectivity index (χ2v) is 7.18. The molecular formula is C13H17F3N2O2S. The van der Waals surface area contributed by atoms with Crippen LogP contribution in [0.2, 0.25) is 0 Å². The molecule has 1 aliphatic rings. The Bertz CT molecular complexity index is 627. The lowest BCUT2D eigenvalue weighted by atomic mass is 9.92. The minimum absolute atomic E-state index is 0.0464. The fourth-order valence-electron chi connectivity index (χ4n) is 2.49. The maximum Gasteiger partial charge on any atom is 0.246 e. The molecule has 2 rings (SSSR count). The summed E-state index contributed by atoms with van der Waals surface area (Å²) >= 11 is 0. The molecule has 1 heterocycles. The van der Waals surface area contributed by atoms with E-state index in [1.165, 1.54) is 0 Å². The van der Waals surface area contributed by atoms with Gasteiger partial charge in [-0.05, 0) is 37.8 Å². The number of hydrogen-bond acceptors (Lipinski definition) is 3. The molecule has 0 aliphatic carbocycles. The molecule has 1 aromatic carbocycles. The van der Waals surface area contributed by atoms with E-state index in [1.54, 1.807) is 0 Å². The van der Waals surface area contributed by atoms with Gasteiger partial charge in [-0.3, -0.25) is 0 Å². The highest BCUT2D eigenvalue weighted by Gasteiger charge is 2.33. The molecule has 0 spiro atoms. The highest BCUT2D eigenvalue weighted by atomic mass is 32.2. The quantitative estimate of drug-likeness (QED) is 0.864. The van der Waals surface area contributed by atoms with E-state index >= 15 is 0 Å². The van der Waals surface area contributed by atoms with Crippen molar-refractivity contribution in [3.63, 3.8) is 0 Å². The zero-order chi connectivity index (χ0) is 15.8. The van der Waals surface area contributed by atoms with E-state index in [-0.39, 0.29) is 25.0 Å². The van der Waals surface area contributed by atoms with Gasteiger partial charge in [0.05, 0.1) is 0 Å². The van der Waals surface area contributed by atoms with Gasteiger partial charge in [-0.25, -0.2) is 21.6 Å². The van der Waals surface area contributed by atoms with Crippen molar-refractivity contribution in [2.75, 3.05) is 13.1 Å². The summed E-state index contributed by atoms with van der Waals surface area (Å²) in [6, 6.07) is 1.32. The molecule has 0 bridgehead atoms. The maximum absolute atomic E-state index is 13.7. The van der Waals surface area contributed by atoms with Gasteiger partial charge in [0.1, 0.15) is 4.90 Å². The monoisotopic (exact) mass is 322 g/mol. The Morgan fingerprint density at radius 1 is 1.19 bits per heavy atom. The van der Waals surface area contributed by atoms with Gasteiger partial charge in [0.15, 0.2) is 17.5 Å². The van der Waals surface area contributed by atoms with E-state index in [2.05, 4.69) is 0 Å². The van der Waals surface area contributed by atoms with Gasteiger partial charge < -0.3 is 5.73 Å². The van der Waals surface area contributed by atoms with Crippen LogP contribution in [0.3, 0.4) is 0 Å². The second kappa shape index (κ2) is 5.94. The number of halogens is 3. The van der Waals surface area contributed by atoms with Crippen LogP contribution in [0.1, 0.15) is 19.8 Å². The lowest BCUT2D eigenvalue weighted by Gasteiger charge is -2.32. The summed E-state index contributed by atoms with van der Waals surface area (Å²) < 4.78 is 65.5. The van der Waals surface area contributed by atoms with Crippen molar-refractivity contribution in [3.8, 4) is 0 Å². The van der Waals surface area contributed by atoms with E-state index in [0.717, 1.165) is 10.4 Å². The molecular weight excluding hydrogens is 305 g/mol. The molecule has 1 aromatic rings. The summed E-state index contributed by atoms with van der Waals surface area (Å²) in [7, 11) is -4.17. The number of nitrogens with two attached hydrogens (primary N) is 1. The predicted molar refractivity (Wildman–Crippen MR) is 71.4 cm³/mol. The molecule has 118 valence electrons. The first-order valence-corrected chi connectivity index (χ1v) is 8.08. The van der Waals surface area contributed by atoms with Crippen LogP contribution in [0.5, 0.6) is 0 Å². The summed E-state index contributed by atoms with van der Waals surface area (Å²) in [4.78, 5) is -0.833. The van der Waals surface area contributed by atoms with E-state index < -0.39 is 32.4 Å². The first-order valence-electron chi connectivity index (χ1n) is 6.64. The first-order chi connectivity index (χ1) is 9.75. The van der Waals surface area contributed by atoms with Crippen molar-refractivity contribution in [2.24, 2.45) is 11.7 Å². The molecule has 1 atom stereocenters. The van der Waals surface area contributed by atoms with Crippen molar-refractivity contribution in [1.29, 1.82) is 0 Å². The van der Waals surface area contributed by atoms with Gasteiger partial charge >= 0.3 is 0 Å². The smallest absolute Gasteiger partial charge is 0.246 e. The van der Waals surface area contributed by atoms with Gasteiger partial charge in [-0.1, -0.05) is 0 Å². The third-order valence-electron chi connectivity index (χ3n) is 3.86. The standard InChI is InChI=1S/C13H17F3N2O2S/c1-8(17)9-4-6-18(7-5-9)21(19,20)11-3-2-10(14)12(15)13(11)16/h2-3,8-9H,4-7,17H2,1H3. The van der Waals surface area contributed by atoms with Crippen LogP contribution < -0.4 is 5.73 Å². The highest BCUT2D eigenvalue weighted by Crippen LogP contribution is 2.27. The minimum atomic E-state index is -4.17. The Morgan fingerprint density at radius 3 is 2.29 bits per heavy atom. The normalized spacial score (nSPS) is 19.7. The van der Waals surface area contributed by atoms with E-state index in [1.807, 2.05) is 6.92 Å². The van der Waals surface area contributed by atoms with Gasteiger partial charge in [-0.15, -0.1) is 0 Å². The summed E-state index contributed by atoms with van der Waals surface area (Å²) in [5.74, 6) is -4.67. The lowest BCUT2D eigenvalue weighted by molar-refractivity contribution is 0.250. The topological polar surface area (TPSA) is 63.4 Å². The van der Waals surface area contributed by atoms with E-state index in [4.69, 9.17) is 5.73 Å². The van der Waals surface area contributed by atoms with Crippen molar-refractivity contribution < 1.29 is 21.6 Å². The third kappa shape index (κ3) is 3.07. The van der Waals surface area contributed by atoms with Crippen LogP contribution in [0.4, 0.5) is 13.2 Å². The molecule has 21 heavy (non-hydrogen) atoms. The van der Waals surface area contributed by atoms with Crippen molar-refractivity contribution >= 4 is 10.0 Å². The number of piperidine rings is 1. The van der Waals surface area contributed by atoms with Crippen LogP contribution in [0.15, 0.2) is 17.0 Å². The molecule has 0 radical (unpaired) electrons. The number of sulfonamides is 1. The number of nitrogens with zero attached hydrogens (tertiary/aromatic N) is 1. The van der Waals surface area contributed by atoms with Crippen LogP contribution in [0.25, 0.3) is 0 Å². The van der Waals surface area contributed by atoms with Gasteiger partial charge in [0.25, 0.3) is 0 Å². The van der Waals surface area contributed by atoms with Gasteiger partial charge in [0, 0.05) is 19.1 Å². The first kappa shape index (κ1) is 16.3. The molecule has 1 aliphatic heterocycles. The van der Waals surface area contributed by atoms with Gasteiger partial charge in [-0.2, -0.15) is 4.31 Å². The Kier molecular flexibility index (Phi) is 4.60. The Balaban J connectivity index is 2.26. The molecule has 0 aromatic heterocycles. The molecule has 4 nitrogen and oxygen atoms in total. The number of rotatable bonds is 3.